The maximum Gasteiger partial charge on any atom is 0.120 e. The molecule has 18 heavy (non-hydrogen) atoms. The van der Waals surface area contributed by atoms with E-state index < -0.39 is 0 Å². The van der Waals surface area contributed by atoms with E-state index in [2.05, 4.69) is 17.1 Å². The van der Waals surface area contributed by atoms with Gasteiger partial charge in [0.25, 0.3) is 0 Å². The zero-order chi connectivity index (χ0) is 12.8. The van der Waals surface area contributed by atoms with Crippen molar-refractivity contribution in [2.24, 2.45) is 0 Å². The number of likely N-dealkylation sites (tertiary alicyclic amines) is 1. The molecule has 3 nitrogen and oxygen atoms in total. The summed E-state index contributed by atoms with van der Waals surface area (Å²) in [7, 11) is 0. The van der Waals surface area contributed by atoms with Crippen molar-refractivity contribution in [2.75, 3.05) is 19.6 Å². The lowest BCUT2D eigenvalue weighted by atomic mass is 10.1. The summed E-state index contributed by atoms with van der Waals surface area (Å²) in [6, 6.07) is 7.99. The predicted octanol–water partition coefficient (Wildman–Crippen LogP) is 2.36. The number of nitrogens with zero attached hydrogens (tertiary/aromatic N) is 1. The molecular weight excluding hydrogens is 224 g/mol. The molecule has 0 bridgehead atoms. The van der Waals surface area contributed by atoms with Gasteiger partial charge in [0, 0.05) is 24.7 Å². The number of piperidine rings is 1. The molecule has 0 amide bonds. The Morgan fingerprint density at radius 3 is 2.67 bits per heavy atom. The highest BCUT2D eigenvalue weighted by Gasteiger charge is 2.13. The van der Waals surface area contributed by atoms with E-state index in [-0.39, 0.29) is 0 Å². The molecule has 3 heteroatoms. The van der Waals surface area contributed by atoms with Crippen molar-refractivity contribution in [2.45, 2.75) is 38.8 Å². The molecule has 1 atom stereocenters. The summed E-state index contributed by atoms with van der Waals surface area (Å²) in [5.74, 6) is 0.384. The van der Waals surface area contributed by atoms with Gasteiger partial charge in [-0.15, -0.1) is 0 Å². The van der Waals surface area contributed by atoms with Crippen molar-refractivity contribution in [3.05, 3.63) is 29.8 Å². The number of para-hydroxylation sites is 1. The molecule has 2 rings (SSSR count). The van der Waals surface area contributed by atoms with Crippen LogP contribution in [0, 0.1) is 0 Å². The van der Waals surface area contributed by atoms with Crippen LogP contribution in [0.25, 0.3) is 0 Å². The quantitative estimate of drug-likeness (QED) is 0.839. The Morgan fingerprint density at radius 2 is 1.94 bits per heavy atom. The number of hydrogen-bond donors (Lipinski definition) is 2. The summed E-state index contributed by atoms with van der Waals surface area (Å²) < 4.78 is 0. The average molecular weight is 248 g/mol. The topological polar surface area (TPSA) is 35.5 Å². The van der Waals surface area contributed by atoms with Gasteiger partial charge in [-0.05, 0) is 38.9 Å². The molecule has 0 aromatic heterocycles. The largest absolute Gasteiger partial charge is 0.508 e. The second-order valence-corrected chi connectivity index (χ2v) is 5.27. The van der Waals surface area contributed by atoms with Crippen LogP contribution in [0.15, 0.2) is 24.3 Å². The minimum absolute atomic E-state index is 0.384. The van der Waals surface area contributed by atoms with Crippen molar-refractivity contribution in [1.82, 2.24) is 10.2 Å². The number of rotatable bonds is 5. The van der Waals surface area contributed by atoms with Crippen molar-refractivity contribution < 1.29 is 5.11 Å². The Balaban J connectivity index is 1.74. The first-order valence-electron chi connectivity index (χ1n) is 6.98. The number of nitrogens with one attached hydrogen (secondary N) is 1. The molecule has 1 unspecified atom stereocenters. The van der Waals surface area contributed by atoms with Crippen LogP contribution < -0.4 is 5.32 Å². The van der Waals surface area contributed by atoms with Gasteiger partial charge in [-0.3, -0.25) is 0 Å². The smallest absolute Gasteiger partial charge is 0.120 e. The van der Waals surface area contributed by atoms with Crippen LogP contribution in [0.1, 0.15) is 31.7 Å². The van der Waals surface area contributed by atoms with Crippen LogP contribution in [-0.2, 0) is 6.54 Å². The fourth-order valence-corrected chi connectivity index (χ4v) is 2.54. The van der Waals surface area contributed by atoms with E-state index in [4.69, 9.17) is 0 Å². The first kappa shape index (κ1) is 13.4. The van der Waals surface area contributed by atoms with E-state index in [1.54, 1.807) is 6.07 Å². The predicted molar refractivity (Wildman–Crippen MR) is 74.7 cm³/mol. The molecule has 1 aromatic rings. The molecule has 0 spiro atoms. The molecule has 0 aliphatic carbocycles. The number of aromatic hydroxyl groups is 1. The Hall–Kier alpha value is -1.06. The minimum atomic E-state index is 0.384. The summed E-state index contributed by atoms with van der Waals surface area (Å²) in [6.45, 7) is 6.54. The second-order valence-electron chi connectivity index (χ2n) is 5.27. The third-order valence-corrected chi connectivity index (χ3v) is 3.61. The SMILES string of the molecule is CC(CN1CCCCC1)NCc1ccccc1O. The molecule has 1 aromatic carbocycles. The van der Waals surface area contributed by atoms with Crippen LogP contribution >= 0.6 is 0 Å². The molecule has 0 radical (unpaired) electrons. The van der Waals surface area contributed by atoms with Gasteiger partial charge in [0.1, 0.15) is 5.75 Å². The molecule has 1 aliphatic heterocycles. The van der Waals surface area contributed by atoms with Crippen LogP contribution in [0.4, 0.5) is 0 Å². The van der Waals surface area contributed by atoms with Crippen LogP contribution in [0.2, 0.25) is 0 Å². The number of benzene rings is 1. The van der Waals surface area contributed by atoms with Gasteiger partial charge in [0.2, 0.25) is 0 Å². The van der Waals surface area contributed by atoms with Gasteiger partial charge in [0.15, 0.2) is 0 Å². The number of phenols is 1. The van der Waals surface area contributed by atoms with Gasteiger partial charge in [-0.1, -0.05) is 24.6 Å². The summed E-state index contributed by atoms with van der Waals surface area (Å²) in [5, 5.41) is 13.2. The third-order valence-electron chi connectivity index (χ3n) is 3.61. The van der Waals surface area contributed by atoms with Crippen molar-refractivity contribution in [3.63, 3.8) is 0 Å². The zero-order valence-electron chi connectivity index (χ0n) is 11.2. The Bertz CT molecular complexity index is 361. The Morgan fingerprint density at radius 1 is 1.22 bits per heavy atom. The fourth-order valence-electron chi connectivity index (χ4n) is 2.54. The molecule has 1 aliphatic rings. The standard InChI is InChI=1S/C15H24N2O/c1-13(12-17-9-5-2-6-10-17)16-11-14-7-3-4-8-15(14)18/h3-4,7-8,13,16,18H,2,5-6,9-12H2,1H3. The van der Waals surface area contributed by atoms with E-state index in [9.17, 15) is 5.11 Å². The number of hydrogen-bond acceptors (Lipinski definition) is 3. The fraction of sp³-hybridized carbons (Fsp3) is 0.600. The summed E-state index contributed by atoms with van der Waals surface area (Å²) >= 11 is 0. The van der Waals surface area contributed by atoms with E-state index in [0.29, 0.717) is 11.8 Å². The first-order chi connectivity index (χ1) is 8.75. The second kappa shape index (κ2) is 6.76. The van der Waals surface area contributed by atoms with Crippen LogP contribution in [0.5, 0.6) is 5.75 Å². The Labute approximate surface area is 110 Å². The maximum absolute atomic E-state index is 9.69. The van der Waals surface area contributed by atoms with Gasteiger partial charge < -0.3 is 15.3 Å². The van der Waals surface area contributed by atoms with Gasteiger partial charge in [-0.25, -0.2) is 0 Å². The van der Waals surface area contributed by atoms with E-state index in [0.717, 1.165) is 18.7 Å². The lowest BCUT2D eigenvalue weighted by Crippen LogP contribution is -2.41. The van der Waals surface area contributed by atoms with Gasteiger partial charge in [0.05, 0.1) is 0 Å². The lowest BCUT2D eigenvalue weighted by Gasteiger charge is -2.29. The summed E-state index contributed by atoms with van der Waals surface area (Å²) in [4.78, 5) is 2.53. The molecular formula is C15H24N2O. The van der Waals surface area contributed by atoms with Gasteiger partial charge >= 0.3 is 0 Å². The van der Waals surface area contributed by atoms with E-state index in [1.807, 2.05) is 18.2 Å². The lowest BCUT2D eigenvalue weighted by molar-refractivity contribution is 0.208. The third kappa shape index (κ3) is 4.00. The highest BCUT2D eigenvalue weighted by atomic mass is 16.3. The monoisotopic (exact) mass is 248 g/mol. The molecule has 1 heterocycles. The van der Waals surface area contributed by atoms with E-state index in [1.165, 1.54) is 32.4 Å². The maximum atomic E-state index is 9.69. The summed E-state index contributed by atoms with van der Waals surface area (Å²) in [6.07, 6.45) is 4.06. The molecule has 100 valence electrons. The normalized spacial score (nSPS) is 18.7. The van der Waals surface area contributed by atoms with E-state index >= 15 is 0 Å². The Kier molecular flexibility index (Phi) is 5.02. The van der Waals surface area contributed by atoms with Crippen molar-refractivity contribution in [1.29, 1.82) is 0 Å². The molecule has 1 fully saturated rings. The molecule has 1 saturated heterocycles. The number of phenolic OH excluding ortho intramolecular Hbond substituents is 1. The van der Waals surface area contributed by atoms with Crippen molar-refractivity contribution >= 4 is 0 Å². The van der Waals surface area contributed by atoms with Crippen LogP contribution in [0.3, 0.4) is 0 Å². The highest BCUT2D eigenvalue weighted by molar-refractivity contribution is 5.31. The minimum Gasteiger partial charge on any atom is -0.508 e. The molecule has 2 N–H and O–H groups in total. The first-order valence-corrected chi connectivity index (χ1v) is 6.98. The highest BCUT2D eigenvalue weighted by Crippen LogP contribution is 2.15. The average Bonchev–Trinajstić information content (AvgIpc) is 2.39. The van der Waals surface area contributed by atoms with Gasteiger partial charge in [-0.2, -0.15) is 0 Å². The van der Waals surface area contributed by atoms with Crippen molar-refractivity contribution in [3.8, 4) is 5.75 Å². The van der Waals surface area contributed by atoms with Crippen LogP contribution in [-0.4, -0.2) is 35.7 Å². The summed E-state index contributed by atoms with van der Waals surface area (Å²) in [5.41, 5.74) is 0.975. The zero-order valence-corrected chi connectivity index (χ0v) is 11.2. The molecule has 0 saturated carbocycles.